The van der Waals surface area contributed by atoms with Crippen molar-refractivity contribution in [2.45, 2.75) is 6.42 Å². The van der Waals surface area contributed by atoms with Crippen LogP contribution in [0.3, 0.4) is 0 Å². The summed E-state index contributed by atoms with van der Waals surface area (Å²) in [6, 6.07) is 0. The summed E-state index contributed by atoms with van der Waals surface area (Å²) in [5.74, 6) is -1.33. The van der Waals surface area contributed by atoms with Gasteiger partial charge < -0.3 is 11.5 Å². The molecule has 0 aromatic rings. The summed E-state index contributed by atoms with van der Waals surface area (Å²) in [6.07, 6.45) is 2.74. The molecule has 4 N–H and O–H groups in total. The second kappa shape index (κ2) is 4.27. The van der Waals surface area contributed by atoms with Crippen molar-refractivity contribution in [3.8, 4) is 0 Å². The van der Waals surface area contributed by atoms with E-state index in [1.165, 1.54) is 6.08 Å². The van der Waals surface area contributed by atoms with Crippen LogP contribution in [0.1, 0.15) is 6.42 Å². The zero-order chi connectivity index (χ0) is 8.85. The maximum Gasteiger partial charge on any atom is 0.245 e. The molecule has 0 aliphatic carbocycles. The Morgan fingerprint density at radius 1 is 1.36 bits per heavy atom. The first-order valence-corrected chi connectivity index (χ1v) is 2.98. The van der Waals surface area contributed by atoms with Gasteiger partial charge in [0.25, 0.3) is 0 Å². The van der Waals surface area contributed by atoms with Gasteiger partial charge in [-0.3, -0.25) is 9.59 Å². The zero-order valence-electron chi connectivity index (χ0n) is 6.04. The highest BCUT2D eigenvalue weighted by molar-refractivity contribution is 5.99. The molecular formula is C7H10N2O2. The second-order valence-electron chi connectivity index (χ2n) is 1.93. The fraction of sp³-hybridized carbons (Fsp3) is 0.143. The average molecular weight is 154 g/mol. The Kier molecular flexibility index (Phi) is 3.66. The Morgan fingerprint density at radius 2 is 1.91 bits per heavy atom. The lowest BCUT2D eigenvalue weighted by atomic mass is 10.1. The molecule has 0 fully saturated rings. The van der Waals surface area contributed by atoms with Gasteiger partial charge in [-0.25, -0.2) is 0 Å². The second-order valence-corrected chi connectivity index (χ2v) is 1.93. The van der Waals surface area contributed by atoms with Gasteiger partial charge in [0.15, 0.2) is 0 Å². The molecule has 0 heterocycles. The van der Waals surface area contributed by atoms with Crippen LogP contribution in [-0.2, 0) is 9.59 Å². The quantitative estimate of drug-likeness (QED) is 0.421. The normalized spacial score (nSPS) is 10.7. The lowest BCUT2D eigenvalue weighted by molar-refractivity contribution is -0.116. The summed E-state index contributed by atoms with van der Waals surface area (Å²) in [4.78, 5) is 20.8. The van der Waals surface area contributed by atoms with E-state index < -0.39 is 11.8 Å². The fourth-order valence-corrected chi connectivity index (χ4v) is 0.558. The SMILES string of the molecule is C=CC/C(=C\C(N)=O)C(N)=O. The van der Waals surface area contributed by atoms with Gasteiger partial charge in [-0.2, -0.15) is 0 Å². The number of amides is 2. The van der Waals surface area contributed by atoms with Crippen LogP contribution >= 0.6 is 0 Å². The van der Waals surface area contributed by atoms with Crippen molar-refractivity contribution in [2.24, 2.45) is 11.5 Å². The lowest BCUT2D eigenvalue weighted by Gasteiger charge is -1.95. The van der Waals surface area contributed by atoms with Gasteiger partial charge in [0.1, 0.15) is 0 Å². The summed E-state index contributed by atoms with van der Waals surface area (Å²) in [5, 5.41) is 0. The van der Waals surface area contributed by atoms with Crippen LogP contribution in [0.4, 0.5) is 0 Å². The van der Waals surface area contributed by atoms with Crippen molar-refractivity contribution < 1.29 is 9.59 Å². The van der Waals surface area contributed by atoms with Crippen molar-refractivity contribution in [3.63, 3.8) is 0 Å². The Hall–Kier alpha value is -1.58. The van der Waals surface area contributed by atoms with E-state index in [2.05, 4.69) is 6.58 Å². The van der Waals surface area contributed by atoms with Crippen molar-refractivity contribution in [3.05, 3.63) is 24.3 Å². The largest absolute Gasteiger partial charge is 0.366 e. The smallest absolute Gasteiger partial charge is 0.245 e. The summed E-state index contributed by atoms with van der Waals surface area (Å²) in [5.41, 5.74) is 9.89. The van der Waals surface area contributed by atoms with Crippen LogP contribution in [-0.4, -0.2) is 11.8 Å². The molecule has 2 amide bonds. The van der Waals surface area contributed by atoms with E-state index in [9.17, 15) is 9.59 Å². The molecule has 4 nitrogen and oxygen atoms in total. The molecule has 60 valence electrons. The molecule has 11 heavy (non-hydrogen) atoms. The van der Waals surface area contributed by atoms with Crippen molar-refractivity contribution in [1.29, 1.82) is 0 Å². The molecule has 0 aliphatic rings. The number of carbonyl (C=O) groups is 2. The van der Waals surface area contributed by atoms with Crippen LogP contribution in [0, 0.1) is 0 Å². The van der Waals surface area contributed by atoms with Crippen LogP contribution < -0.4 is 11.5 Å². The number of primary amides is 2. The molecule has 0 bridgehead atoms. The first kappa shape index (κ1) is 9.42. The molecule has 0 aromatic heterocycles. The molecule has 0 saturated carbocycles. The molecule has 0 aliphatic heterocycles. The Morgan fingerprint density at radius 3 is 2.18 bits per heavy atom. The van der Waals surface area contributed by atoms with E-state index in [4.69, 9.17) is 11.5 Å². The average Bonchev–Trinajstić information content (AvgIpc) is 1.86. The predicted molar refractivity (Wildman–Crippen MR) is 41.3 cm³/mol. The van der Waals surface area contributed by atoms with Crippen molar-refractivity contribution >= 4 is 11.8 Å². The Bertz CT molecular complexity index is 218. The third kappa shape index (κ3) is 3.91. The molecule has 0 radical (unpaired) electrons. The monoisotopic (exact) mass is 154 g/mol. The van der Waals surface area contributed by atoms with E-state index in [1.54, 1.807) is 0 Å². The van der Waals surface area contributed by atoms with E-state index in [0.717, 1.165) is 6.08 Å². The van der Waals surface area contributed by atoms with Gasteiger partial charge in [0.2, 0.25) is 11.8 Å². The van der Waals surface area contributed by atoms with Gasteiger partial charge >= 0.3 is 0 Å². The molecule has 0 aromatic carbocycles. The van der Waals surface area contributed by atoms with Gasteiger partial charge in [0.05, 0.1) is 0 Å². The number of allylic oxidation sites excluding steroid dienone is 1. The third-order valence-corrected chi connectivity index (χ3v) is 0.997. The fourth-order valence-electron chi connectivity index (χ4n) is 0.558. The number of carbonyl (C=O) groups excluding carboxylic acids is 2. The van der Waals surface area contributed by atoms with E-state index in [-0.39, 0.29) is 12.0 Å². The highest BCUT2D eigenvalue weighted by atomic mass is 16.1. The van der Waals surface area contributed by atoms with E-state index in [0.29, 0.717) is 0 Å². The molecular weight excluding hydrogens is 144 g/mol. The van der Waals surface area contributed by atoms with Crippen LogP contribution in [0.15, 0.2) is 24.3 Å². The number of rotatable bonds is 4. The number of hydrogen-bond acceptors (Lipinski definition) is 2. The van der Waals surface area contributed by atoms with Crippen LogP contribution in [0.5, 0.6) is 0 Å². The van der Waals surface area contributed by atoms with Gasteiger partial charge in [0, 0.05) is 11.6 Å². The topological polar surface area (TPSA) is 86.2 Å². The maximum atomic E-state index is 10.5. The lowest BCUT2D eigenvalue weighted by Crippen LogP contribution is -2.17. The first-order chi connectivity index (χ1) is 5.07. The Balaban J connectivity index is 4.44. The summed E-state index contributed by atoms with van der Waals surface area (Å²) < 4.78 is 0. The van der Waals surface area contributed by atoms with Gasteiger partial charge in [-0.1, -0.05) is 6.08 Å². The summed E-state index contributed by atoms with van der Waals surface area (Å²) in [6.45, 7) is 3.39. The Labute approximate surface area is 64.6 Å². The minimum atomic E-state index is -0.680. The van der Waals surface area contributed by atoms with E-state index >= 15 is 0 Å². The molecule has 4 heteroatoms. The third-order valence-electron chi connectivity index (χ3n) is 0.997. The highest BCUT2D eigenvalue weighted by Crippen LogP contribution is 1.99. The predicted octanol–water partition coefficient (Wildman–Crippen LogP) is -0.540. The molecule has 0 atom stereocenters. The zero-order valence-corrected chi connectivity index (χ0v) is 6.04. The van der Waals surface area contributed by atoms with Gasteiger partial charge in [-0.05, 0) is 6.42 Å². The molecule has 0 unspecified atom stereocenters. The van der Waals surface area contributed by atoms with Crippen LogP contribution in [0.25, 0.3) is 0 Å². The maximum absolute atomic E-state index is 10.5. The first-order valence-electron chi connectivity index (χ1n) is 2.98. The standard InChI is InChI=1S/C7H10N2O2/c1-2-3-5(7(9)11)4-6(8)10/h2,4H,1,3H2,(H2,8,10)(H2,9,11)/b5-4+. The van der Waals surface area contributed by atoms with Gasteiger partial charge in [-0.15, -0.1) is 6.58 Å². The minimum absolute atomic E-state index is 0.174. The van der Waals surface area contributed by atoms with Crippen molar-refractivity contribution in [1.82, 2.24) is 0 Å². The molecule has 0 saturated heterocycles. The summed E-state index contributed by atoms with van der Waals surface area (Å²) in [7, 11) is 0. The molecule has 0 rings (SSSR count). The van der Waals surface area contributed by atoms with Crippen LogP contribution in [0.2, 0.25) is 0 Å². The van der Waals surface area contributed by atoms with E-state index in [1.807, 2.05) is 0 Å². The van der Waals surface area contributed by atoms with Crippen molar-refractivity contribution in [2.75, 3.05) is 0 Å². The minimum Gasteiger partial charge on any atom is -0.366 e. The highest BCUT2D eigenvalue weighted by Gasteiger charge is 2.02. The molecule has 0 spiro atoms. The number of nitrogens with two attached hydrogens (primary N) is 2. The summed E-state index contributed by atoms with van der Waals surface area (Å²) >= 11 is 0. The number of hydrogen-bond donors (Lipinski definition) is 2.